The fourth-order valence-corrected chi connectivity index (χ4v) is 7.71. The number of carboxylic acid groups (broad SMARTS) is 3. The maximum atomic E-state index is 14.3. The number of amides is 12. The molecule has 1 heterocycles. The van der Waals surface area contributed by atoms with Crippen LogP contribution < -0.4 is 65.9 Å². The summed E-state index contributed by atoms with van der Waals surface area (Å²) in [5.41, 5.74) is 27.3. The van der Waals surface area contributed by atoms with E-state index in [9.17, 15) is 92.3 Å². The third kappa shape index (κ3) is 23.0. The molecule has 0 unspecified atom stereocenters. The van der Waals surface area contributed by atoms with Gasteiger partial charge in [-0.15, -0.1) is 0 Å². The Bertz CT molecular complexity index is 2410. The zero-order valence-corrected chi connectivity index (χ0v) is 42.3. The first-order valence-corrected chi connectivity index (χ1v) is 24.2. The van der Waals surface area contributed by atoms with Crippen molar-refractivity contribution in [1.29, 1.82) is 0 Å². The Hall–Kier alpha value is -8.81. The van der Waals surface area contributed by atoms with Crippen LogP contribution in [0.5, 0.6) is 0 Å². The lowest BCUT2D eigenvalue weighted by Gasteiger charge is -2.31. The van der Waals surface area contributed by atoms with Gasteiger partial charge in [-0.05, 0) is 51.0 Å². The molecule has 1 aliphatic rings. The summed E-state index contributed by atoms with van der Waals surface area (Å²) in [6.45, 7) is 0.957. The van der Waals surface area contributed by atoms with Gasteiger partial charge in [-0.1, -0.05) is 30.3 Å². The zero-order valence-electron chi connectivity index (χ0n) is 42.3. The van der Waals surface area contributed by atoms with Crippen molar-refractivity contribution in [1.82, 2.24) is 42.1 Å². The number of likely N-dealkylation sites (tertiary alicyclic amines) is 1. The number of carboxylic acids is 3. The summed E-state index contributed by atoms with van der Waals surface area (Å²) < 4.78 is 0. The van der Waals surface area contributed by atoms with Crippen LogP contribution in [-0.4, -0.2) is 181 Å². The first kappa shape index (κ1) is 65.3. The highest BCUT2D eigenvalue weighted by molar-refractivity contribution is 6.00. The minimum atomic E-state index is -2.08. The predicted octanol–water partition coefficient (Wildman–Crippen LogP) is -7.58. The van der Waals surface area contributed by atoms with E-state index in [0.717, 1.165) is 11.8 Å². The van der Waals surface area contributed by atoms with Crippen molar-refractivity contribution < 1.29 is 92.3 Å². The fraction of sp³-hybridized carbons (Fsp3) is 0.543. The molecule has 2 rings (SSSR count). The molecule has 1 aromatic rings. The van der Waals surface area contributed by atoms with Crippen LogP contribution in [0.15, 0.2) is 30.3 Å². The lowest BCUT2D eigenvalue weighted by atomic mass is 10.0. The minimum absolute atomic E-state index is 0.0304. The van der Waals surface area contributed by atoms with Gasteiger partial charge >= 0.3 is 17.9 Å². The van der Waals surface area contributed by atoms with Crippen LogP contribution >= 0.6 is 0 Å². The van der Waals surface area contributed by atoms with Crippen molar-refractivity contribution in [3.05, 3.63) is 35.9 Å². The van der Waals surface area contributed by atoms with Crippen LogP contribution in [0.25, 0.3) is 0 Å². The first-order valence-electron chi connectivity index (χ1n) is 24.2. The van der Waals surface area contributed by atoms with Crippen molar-refractivity contribution in [2.45, 2.75) is 151 Å². The first-order chi connectivity index (χ1) is 36.5. The van der Waals surface area contributed by atoms with Gasteiger partial charge in [0.2, 0.25) is 70.9 Å². The van der Waals surface area contributed by atoms with Crippen LogP contribution in [0.3, 0.4) is 0 Å². The van der Waals surface area contributed by atoms with Crippen LogP contribution in [-0.2, 0) is 78.3 Å². The second-order valence-corrected chi connectivity index (χ2v) is 18.1. The van der Waals surface area contributed by atoms with Gasteiger partial charge < -0.3 is 91.2 Å². The second-order valence-electron chi connectivity index (χ2n) is 18.1. The van der Waals surface area contributed by atoms with Gasteiger partial charge in [0.25, 0.3) is 0 Å². The van der Waals surface area contributed by atoms with E-state index in [-0.39, 0.29) is 38.6 Å². The Morgan fingerprint density at radius 1 is 0.538 bits per heavy atom. The average molecular weight is 1110 g/mol. The maximum Gasteiger partial charge on any atom is 0.328 e. The standard InChI is InChI=1S/C46H67N13O19/c1-21(60)37(46(77)78)58-43(74)27(18-22-6-3-2-4-7-22)57-44(75)30-8-5-17-59(30)45(76)26(12-16-36(67)68)54-39(70)25(11-15-35(65)66)53-41(72)28(19-33(50)63)56-42(73)29(20-34(51)64)55-40(71)24(10-14-32(49)62)52-38(69)23(47)9-13-31(48)61/h2-4,6-7,21,23-30,37,60H,5,8-20,47H2,1H3,(H2,48,61)(H2,49,62)(H2,50,63)(H2,51,64)(H,52,69)(H,53,72)(H,54,70)(H,55,71)(H,56,73)(H,57,75)(H,58,74)(H,65,66)(H,67,68)(H,77,78)/t21-,23+,24+,25+,26+,27+,28+,29+,30+,37+/m1/s1. The molecule has 430 valence electrons. The summed E-state index contributed by atoms with van der Waals surface area (Å²) in [5, 5.41) is 54.2. The number of nitrogens with one attached hydrogen (secondary N) is 7. The number of rotatable bonds is 35. The molecule has 32 nitrogen and oxygen atoms in total. The molecule has 32 heteroatoms. The lowest BCUT2D eigenvalue weighted by molar-refractivity contribution is -0.146. The average Bonchev–Trinajstić information content (AvgIpc) is 3.85. The number of aliphatic hydroxyl groups excluding tert-OH is 1. The molecule has 0 aromatic heterocycles. The van der Waals surface area contributed by atoms with E-state index in [4.69, 9.17) is 28.7 Å². The zero-order chi connectivity index (χ0) is 59.0. The highest BCUT2D eigenvalue weighted by atomic mass is 16.4. The fourth-order valence-electron chi connectivity index (χ4n) is 7.71. The van der Waals surface area contributed by atoms with Crippen molar-refractivity contribution in [2.75, 3.05) is 6.54 Å². The molecule has 0 radical (unpaired) electrons. The van der Waals surface area contributed by atoms with Crippen molar-refractivity contribution in [3.63, 3.8) is 0 Å². The Balaban J connectivity index is 2.45. The molecule has 0 aliphatic carbocycles. The SMILES string of the molecule is C[C@@H](O)[C@H](NC(=O)[C@H](Cc1ccccc1)NC(=O)[C@@H]1CCCN1C(=O)[C@H](CCC(=O)O)NC(=O)[C@H](CCC(=O)O)NC(=O)[C@H](CC(N)=O)NC(=O)[C@H](CC(N)=O)NC(=O)[C@H](CCC(N)=O)NC(=O)[C@@H](N)CCC(N)=O)C(=O)O. The van der Waals surface area contributed by atoms with Gasteiger partial charge in [-0.25, -0.2) is 4.79 Å². The summed E-state index contributed by atoms with van der Waals surface area (Å²) in [5.74, 6) is -18.2. The third-order valence-electron chi connectivity index (χ3n) is 11.8. The summed E-state index contributed by atoms with van der Waals surface area (Å²) in [7, 11) is 0. The number of benzene rings is 1. The topological polar surface area (TPSA) is 555 Å². The van der Waals surface area contributed by atoms with E-state index in [1.165, 1.54) is 0 Å². The number of carbonyl (C=O) groups excluding carboxylic acids is 12. The Morgan fingerprint density at radius 3 is 1.42 bits per heavy atom. The van der Waals surface area contributed by atoms with E-state index in [1.54, 1.807) is 30.3 Å². The molecule has 1 aliphatic heterocycles. The number of primary amides is 4. The number of nitrogens with two attached hydrogens (primary N) is 5. The van der Waals surface area contributed by atoms with Crippen LogP contribution in [0, 0.1) is 0 Å². The highest BCUT2D eigenvalue weighted by Crippen LogP contribution is 2.21. The Kier molecular flexibility index (Phi) is 26.7. The lowest BCUT2D eigenvalue weighted by Crippen LogP contribution is -2.61. The van der Waals surface area contributed by atoms with Gasteiger partial charge in [0, 0.05) is 38.6 Å². The van der Waals surface area contributed by atoms with Crippen molar-refractivity contribution in [2.24, 2.45) is 28.7 Å². The van der Waals surface area contributed by atoms with E-state index in [1.807, 2.05) is 0 Å². The smallest absolute Gasteiger partial charge is 0.328 e. The number of aliphatic hydroxyl groups is 1. The van der Waals surface area contributed by atoms with E-state index >= 15 is 0 Å². The molecule has 78 heavy (non-hydrogen) atoms. The maximum absolute atomic E-state index is 14.3. The van der Waals surface area contributed by atoms with Crippen LogP contribution in [0.4, 0.5) is 0 Å². The molecule has 10 atom stereocenters. The summed E-state index contributed by atoms with van der Waals surface area (Å²) in [4.78, 5) is 193. The summed E-state index contributed by atoms with van der Waals surface area (Å²) >= 11 is 0. The highest BCUT2D eigenvalue weighted by Gasteiger charge is 2.41. The van der Waals surface area contributed by atoms with Gasteiger partial charge in [-0.2, -0.15) is 0 Å². The van der Waals surface area contributed by atoms with E-state index in [2.05, 4.69) is 37.2 Å². The number of aliphatic carboxylic acids is 3. The largest absolute Gasteiger partial charge is 0.481 e. The molecule has 0 bridgehead atoms. The minimum Gasteiger partial charge on any atom is -0.481 e. The third-order valence-corrected chi connectivity index (χ3v) is 11.8. The Labute approximate surface area is 444 Å². The van der Waals surface area contributed by atoms with Crippen molar-refractivity contribution in [3.8, 4) is 0 Å². The molecule has 0 spiro atoms. The molecule has 1 aromatic carbocycles. The van der Waals surface area contributed by atoms with E-state index in [0.29, 0.717) is 5.56 Å². The molecule has 21 N–H and O–H groups in total. The predicted molar refractivity (Wildman–Crippen MR) is 264 cm³/mol. The molecule has 1 fully saturated rings. The van der Waals surface area contributed by atoms with Gasteiger partial charge in [0.1, 0.15) is 42.3 Å². The van der Waals surface area contributed by atoms with Gasteiger partial charge in [0.15, 0.2) is 6.04 Å². The summed E-state index contributed by atoms with van der Waals surface area (Å²) in [6.07, 6.45) is -8.35. The molecule has 1 saturated heterocycles. The Morgan fingerprint density at radius 2 is 0.962 bits per heavy atom. The number of hydrogen-bond acceptors (Lipinski definition) is 17. The second kappa shape index (κ2) is 31.9. The molecular formula is C46H67N13O19. The molecule has 0 saturated carbocycles. The van der Waals surface area contributed by atoms with Crippen LogP contribution in [0.2, 0.25) is 0 Å². The number of nitrogens with zero attached hydrogens (tertiary/aromatic N) is 1. The van der Waals surface area contributed by atoms with Crippen LogP contribution in [0.1, 0.15) is 89.5 Å². The van der Waals surface area contributed by atoms with E-state index < -0.39 is 201 Å². The molecular weight excluding hydrogens is 1040 g/mol. The quantitative estimate of drug-likeness (QED) is 0.0300. The normalized spacial score (nSPS) is 16.3. The monoisotopic (exact) mass is 1110 g/mol. The van der Waals surface area contributed by atoms with Gasteiger partial charge in [0.05, 0.1) is 25.0 Å². The summed E-state index contributed by atoms with van der Waals surface area (Å²) in [6, 6.07) is -7.43. The van der Waals surface area contributed by atoms with Gasteiger partial charge in [-0.3, -0.25) is 67.1 Å². The van der Waals surface area contributed by atoms with Crippen molar-refractivity contribution >= 4 is 88.8 Å². The number of hydrogen-bond donors (Lipinski definition) is 16. The number of carbonyl (C=O) groups is 15. The molecule has 12 amide bonds.